The Balaban J connectivity index is 1.84. The summed E-state index contributed by atoms with van der Waals surface area (Å²) in [6, 6.07) is 7.47. The number of carbonyl (C=O) groups excluding carboxylic acids is 1. The second kappa shape index (κ2) is 7.63. The highest BCUT2D eigenvalue weighted by Gasteiger charge is 2.31. The van der Waals surface area contributed by atoms with Crippen molar-refractivity contribution < 1.29 is 19.4 Å². The number of carboxylic acids is 1. The van der Waals surface area contributed by atoms with Gasteiger partial charge in [-0.3, -0.25) is 9.59 Å². The Morgan fingerprint density at radius 3 is 2.77 bits per heavy atom. The van der Waals surface area contributed by atoms with Crippen LogP contribution in [-0.2, 0) is 9.59 Å². The summed E-state index contributed by atoms with van der Waals surface area (Å²) < 4.78 is 6.44. The van der Waals surface area contributed by atoms with Crippen LogP contribution in [0.15, 0.2) is 28.7 Å². The molecular weight excluding hydrogens is 350 g/mol. The first-order chi connectivity index (χ1) is 10.5. The van der Waals surface area contributed by atoms with E-state index >= 15 is 0 Å². The van der Waals surface area contributed by atoms with Gasteiger partial charge in [-0.25, -0.2) is 0 Å². The van der Waals surface area contributed by atoms with Crippen LogP contribution >= 0.6 is 15.9 Å². The van der Waals surface area contributed by atoms with Crippen LogP contribution in [0.5, 0.6) is 5.75 Å². The summed E-state index contributed by atoms with van der Waals surface area (Å²) >= 11 is 3.39. The first kappa shape index (κ1) is 16.8. The van der Waals surface area contributed by atoms with Crippen molar-refractivity contribution >= 4 is 27.8 Å². The van der Waals surface area contributed by atoms with Gasteiger partial charge in [0.25, 0.3) is 0 Å². The number of aliphatic carboxylic acids is 1. The van der Waals surface area contributed by atoms with E-state index in [-0.39, 0.29) is 24.9 Å². The maximum absolute atomic E-state index is 12.2. The third kappa shape index (κ3) is 4.47. The minimum atomic E-state index is -0.825. The van der Waals surface area contributed by atoms with Gasteiger partial charge in [0.15, 0.2) is 0 Å². The number of piperidine rings is 1. The number of hydrogen-bond donors (Lipinski definition) is 1. The van der Waals surface area contributed by atoms with E-state index in [1.165, 1.54) is 0 Å². The highest BCUT2D eigenvalue weighted by atomic mass is 79.9. The van der Waals surface area contributed by atoms with Crippen molar-refractivity contribution in [2.24, 2.45) is 11.8 Å². The molecule has 1 fully saturated rings. The van der Waals surface area contributed by atoms with Crippen LogP contribution in [0.1, 0.15) is 19.8 Å². The molecule has 6 heteroatoms. The monoisotopic (exact) mass is 369 g/mol. The Hall–Kier alpha value is -1.56. The molecule has 2 unspecified atom stereocenters. The van der Waals surface area contributed by atoms with Crippen LogP contribution in [0.3, 0.4) is 0 Å². The molecule has 1 N–H and O–H groups in total. The molecule has 0 bridgehead atoms. The van der Waals surface area contributed by atoms with E-state index in [4.69, 9.17) is 9.84 Å². The smallest absolute Gasteiger partial charge is 0.308 e. The van der Waals surface area contributed by atoms with Gasteiger partial charge < -0.3 is 14.7 Å². The van der Waals surface area contributed by atoms with E-state index in [0.29, 0.717) is 25.3 Å². The van der Waals surface area contributed by atoms with Crippen LogP contribution in [0.25, 0.3) is 0 Å². The van der Waals surface area contributed by atoms with Gasteiger partial charge >= 0.3 is 5.97 Å². The minimum absolute atomic E-state index is 0.0511. The van der Waals surface area contributed by atoms with Gasteiger partial charge in [-0.2, -0.15) is 0 Å². The lowest BCUT2D eigenvalue weighted by atomic mass is 9.90. The fourth-order valence-corrected chi connectivity index (χ4v) is 3.10. The normalized spacial score (nSPS) is 21.5. The average Bonchev–Trinajstić information content (AvgIpc) is 2.48. The van der Waals surface area contributed by atoms with Crippen molar-refractivity contribution in [2.45, 2.75) is 19.8 Å². The number of rotatable bonds is 5. The number of carboxylic acid groups (broad SMARTS) is 1. The number of ether oxygens (including phenoxy) is 1. The lowest BCUT2D eigenvalue weighted by molar-refractivity contribution is -0.147. The third-order valence-corrected chi connectivity index (χ3v) is 4.43. The maximum Gasteiger partial charge on any atom is 0.308 e. The van der Waals surface area contributed by atoms with Crippen molar-refractivity contribution in [3.05, 3.63) is 28.7 Å². The number of amides is 1. The minimum Gasteiger partial charge on any atom is -0.492 e. The molecule has 0 aliphatic carbocycles. The van der Waals surface area contributed by atoms with Crippen molar-refractivity contribution in [1.82, 2.24) is 4.90 Å². The largest absolute Gasteiger partial charge is 0.492 e. The van der Waals surface area contributed by atoms with E-state index in [0.717, 1.165) is 4.47 Å². The number of halogens is 1. The standard InChI is InChI=1S/C16H20BrNO4/c1-11-8-12(16(20)21)10-18(9-11)15(19)6-7-22-14-5-3-2-4-13(14)17/h2-5,11-12H,6-10H2,1H3,(H,20,21). The quantitative estimate of drug-likeness (QED) is 0.866. The number of benzene rings is 1. The zero-order chi connectivity index (χ0) is 16.1. The number of nitrogens with zero attached hydrogens (tertiary/aromatic N) is 1. The second-order valence-electron chi connectivity index (χ2n) is 5.70. The van der Waals surface area contributed by atoms with Gasteiger partial charge in [-0.05, 0) is 40.4 Å². The lowest BCUT2D eigenvalue weighted by Gasteiger charge is -2.34. The molecule has 0 spiro atoms. The summed E-state index contributed by atoms with van der Waals surface area (Å²) in [6.07, 6.45) is 0.882. The van der Waals surface area contributed by atoms with Crippen molar-refractivity contribution in [3.63, 3.8) is 0 Å². The van der Waals surface area contributed by atoms with Gasteiger partial charge in [-0.15, -0.1) is 0 Å². The molecular formula is C16H20BrNO4. The summed E-state index contributed by atoms with van der Waals surface area (Å²) in [5.74, 6) is -0.427. The zero-order valence-corrected chi connectivity index (χ0v) is 14.1. The molecule has 1 aliphatic heterocycles. The average molecular weight is 370 g/mol. The van der Waals surface area contributed by atoms with E-state index in [9.17, 15) is 9.59 Å². The topological polar surface area (TPSA) is 66.8 Å². The summed E-state index contributed by atoms with van der Waals surface area (Å²) in [6.45, 7) is 3.18. The summed E-state index contributed by atoms with van der Waals surface area (Å²) in [4.78, 5) is 25.0. The second-order valence-corrected chi connectivity index (χ2v) is 6.56. The molecule has 1 aromatic rings. The number of para-hydroxylation sites is 1. The fourth-order valence-electron chi connectivity index (χ4n) is 2.70. The molecule has 0 saturated carbocycles. The Labute approximate surface area is 138 Å². The molecule has 2 rings (SSSR count). The molecule has 22 heavy (non-hydrogen) atoms. The van der Waals surface area contributed by atoms with Gasteiger partial charge in [0.2, 0.25) is 5.91 Å². The molecule has 1 saturated heterocycles. The highest BCUT2D eigenvalue weighted by molar-refractivity contribution is 9.10. The molecule has 1 aromatic carbocycles. The number of hydrogen-bond acceptors (Lipinski definition) is 3. The Morgan fingerprint density at radius 2 is 2.09 bits per heavy atom. The Morgan fingerprint density at radius 1 is 1.36 bits per heavy atom. The van der Waals surface area contributed by atoms with Crippen molar-refractivity contribution in [1.29, 1.82) is 0 Å². The van der Waals surface area contributed by atoms with E-state index in [2.05, 4.69) is 15.9 Å². The van der Waals surface area contributed by atoms with E-state index < -0.39 is 11.9 Å². The molecule has 2 atom stereocenters. The predicted octanol–water partition coefficient (Wildman–Crippen LogP) is 2.79. The van der Waals surface area contributed by atoms with Crippen LogP contribution < -0.4 is 4.74 Å². The SMILES string of the molecule is CC1CC(C(=O)O)CN(C(=O)CCOc2ccccc2Br)C1. The molecule has 1 amide bonds. The van der Waals surface area contributed by atoms with Gasteiger partial charge in [0.1, 0.15) is 5.75 Å². The highest BCUT2D eigenvalue weighted by Crippen LogP contribution is 2.25. The summed E-state index contributed by atoms with van der Waals surface area (Å²) in [5.41, 5.74) is 0. The lowest BCUT2D eigenvalue weighted by Crippen LogP contribution is -2.45. The fraction of sp³-hybridized carbons (Fsp3) is 0.500. The van der Waals surface area contributed by atoms with E-state index in [1.807, 2.05) is 31.2 Å². The summed E-state index contributed by atoms with van der Waals surface area (Å²) in [5, 5.41) is 9.14. The Kier molecular flexibility index (Phi) is 5.83. The van der Waals surface area contributed by atoms with Crippen LogP contribution in [0.2, 0.25) is 0 Å². The first-order valence-corrected chi connectivity index (χ1v) is 8.14. The van der Waals surface area contributed by atoms with Crippen LogP contribution in [-0.4, -0.2) is 41.6 Å². The van der Waals surface area contributed by atoms with Gasteiger partial charge in [-0.1, -0.05) is 19.1 Å². The van der Waals surface area contributed by atoms with Crippen molar-refractivity contribution in [2.75, 3.05) is 19.7 Å². The molecule has 5 nitrogen and oxygen atoms in total. The van der Waals surface area contributed by atoms with Gasteiger partial charge in [0, 0.05) is 13.1 Å². The molecule has 120 valence electrons. The maximum atomic E-state index is 12.2. The molecule has 0 radical (unpaired) electrons. The number of carbonyl (C=O) groups is 2. The van der Waals surface area contributed by atoms with Gasteiger partial charge in [0.05, 0.1) is 23.4 Å². The molecule has 0 aromatic heterocycles. The van der Waals surface area contributed by atoms with Crippen molar-refractivity contribution in [3.8, 4) is 5.75 Å². The molecule has 1 heterocycles. The predicted molar refractivity (Wildman–Crippen MR) is 85.7 cm³/mol. The van der Waals surface area contributed by atoms with E-state index in [1.54, 1.807) is 4.90 Å². The zero-order valence-electron chi connectivity index (χ0n) is 12.5. The Bertz CT molecular complexity index is 549. The molecule has 1 aliphatic rings. The van der Waals surface area contributed by atoms with Crippen LogP contribution in [0, 0.1) is 11.8 Å². The van der Waals surface area contributed by atoms with Crippen LogP contribution in [0.4, 0.5) is 0 Å². The number of likely N-dealkylation sites (tertiary alicyclic amines) is 1. The first-order valence-electron chi connectivity index (χ1n) is 7.35. The summed E-state index contributed by atoms with van der Waals surface area (Å²) in [7, 11) is 0. The third-order valence-electron chi connectivity index (χ3n) is 3.77.